The van der Waals surface area contributed by atoms with E-state index in [9.17, 15) is 45.1 Å². The summed E-state index contributed by atoms with van der Waals surface area (Å²) in [5, 5.41) is 0. The van der Waals surface area contributed by atoms with E-state index in [2.05, 4.69) is 18.9 Å². The average molecular weight is 592 g/mol. The number of benzene rings is 2. The maximum Gasteiger partial charge on any atom is 1.00 e. The Balaban J connectivity index is 0. The van der Waals surface area contributed by atoms with E-state index in [1.807, 2.05) is 0 Å². The van der Waals surface area contributed by atoms with Gasteiger partial charge in [-0.15, -0.1) is 0 Å². The third-order valence-corrected chi connectivity index (χ3v) is 5.70. The quantitative estimate of drug-likeness (QED) is 0.132. The molecule has 14 nitrogen and oxygen atoms in total. The summed E-state index contributed by atoms with van der Waals surface area (Å²) in [4.78, 5) is 43.7. The molecular weight excluding hydrogens is 574 g/mol. The van der Waals surface area contributed by atoms with Crippen molar-refractivity contribution in [1.29, 1.82) is 0 Å². The van der Waals surface area contributed by atoms with Gasteiger partial charge in [0.05, 0.1) is 60.5 Å². The Labute approximate surface area is 262 Å². The molecule has 2 aromatic carbocycles. The molecule has 18 heteroatoms. The second-order valence-corrected chi connectivity index (χ2v) is 9.13. The van der Waals surface area contributed by atoms with Crippen LogP contribution >= 0.6 is 0 Å². The standard InChI is InChI=1S/2C10H10O7S.2Na/c2*1-16-9(11)6-3-7(10(12)17-2)5-8(4-6)18(13,14)15;;/h2*3-5H,1-2H3,(H,13,14,15);;/q;;2*+1/p-2. The van der Waals surface area contributed by atoms with E-state index in [4.69, 9.17) is 0 Å². The maximum atomic E-state index is 11.3. The van der Waals surface area contributed by atoms with Crippen molar-refractivity contribution in [1.82, 2.24) is 0 Å². The Hall–Kier alpha value is -1.86. The Bertz CT molecular complexity index is 1230. The summed E-state index contributed by atoms with van der Waals surface area (Å²) in [6.45, 7) is 0. The summed E-state index contributed by atoms with van der Waals surface area (Å²) in [5.74, 6) is -3.48. The zero-order valence-corrected chi connectivity index (χ0v) is 26.6. The van der Waals surface area contributed by atoms with Crippen molar-refractivity contribution in [3.63, 3.8) is 0 Å². The summed E-state index contributed by atoms with van der Waals surface area (Å²) in [7, 11) is -5.27. The number of carbonyl (C=O) groups excluding carboxylic acids is 4. The first-order valence-corrected chi connectivity index (χ1v) is 12.0. The van der Waals surface area contributed by atoms with Crippen LogP contribution in [0, 0.1) is 0 Å². The molecule has 0 spiro atoms. The molecule has 0 aliphatic carbocycles. The minimum absolute atomic E-state index is 0. The zero-order chi connectivity index (χ0) is 27.8. The van der Waals surface area contributed by atoms with E-state index in [0.29, 0.717) is 0 Å². The van der Waals surface area contributed by atoms with Gasteiger partial charge in [-0.2, -0.15) is 0 Å². The van der Waals surface area contributed by atoms with Crippen molar-refractivity contribution in [2.45, 2.75) is 9.79 Å². The van der Waals surface area contributed by atoms with Crippen LogP contribution in [-0.2, 0) is 39.2 Å². The summed E-state index contributed by atoms with van der Waals surface area (Å²) in [5.41, 5.74) is -0.908. The summed E-state index contributed by atoms with van der Waals surface area (Å²) in [6, 6.07) is 5.49. The van der Waals surface area contributed by atoms with Gasteiger partial charge in [0.15, 0.2) is 0 Å². The zero-order valence-electron chi connectivity index (χ0n) is 21.0. The van der Waals surface area contributed by atoms with Gasteiger partial charge in [-0.1, -0.05) is 0 Å². The fourth-order valence-corrected chi connectivity index (χ4v) is 3.51. The summed E-state index contributed by atoms with van der Waals surface area (Å²) < 4.78 is 82.9. The van der Waals surface area contributed by atoms with Crippen LogP contribution in [0.15, 0.2) is 46.2 Å². The molecule has 0 saturated carbocycles. The maximum absolute atomic E-state index is 11.3. The van der Waals surface area contributed by atoms with Crippen LogP contribution in [0.3, 0.4) is 0 Å². The van der Waals surface area contributed by atoms with Crippen LogP contribution in [0.4, 0.5) is 0 Å². The second kappa shape index (κ2) is 16.3. The van der Waals surface area contributed by atoms with Gasteiger partial charge in [-0.05, 0) is 36.4 Å². The van der Waals surface area contributed by atoms with E-state index >= 15 is 0 Å². The minimum Gasteiger partial charge on any atom is -0.744 e. The van der Waals surface area contributed by atoms with E-state index in [1.165, 1.54) is 0 Å². The molecule has 0 aliphatic heterocycles. The molecule has 38 heavy (non-hydrogen) atoms. The largest absolute Gasteiger partial charge is 1.00 e. The van der Waals surface area contributed by atoms with Crippen LogP contribution < -0.4 is 59.1 Å². The molecule has 2 rings (SSSR count). The van der Waals surface area contributed by atoms with Crippen LogP contribution in [0.1, 0.15) is 41.4 Å². The van der Waals surface area contributed by atoms with Crippen molar-refractivity contribution < 1.29 is 123 Å². The van der Waals surface area contributed by atoms with Gasteiger partial charge in [0.25, 0.3) is 0 Å². The van der Waals surface area contributed by atoms with Crippen LogP contribution in [0.25, 0.3) is 0 Å². The third kappa shape index (κ3) is 11.1. The first-order valence-electron chi connectivity index (χ1n) is 9.14. The average Bonchev–Trinajstić information content (AvgIpc) is 2.85. The smallest absolute Gasteiger partial charge is 0.744 e. The Morgan fingerprint density at radius 2 is 0.684 bits per heavy atom. The molecule has 0 unspecified atom stereocenters. The van der Waals surface area contributed by atoms with Gasteiger partial charge < -0.3 is 28.1 Å². The molecule has 2 aromatic rings. The van der Waals surface area contributed by atoms with Crippen molar-refractivity contribution in [3.8, 4) is 0 Å². The van der Waals surface area contributed by atoms with Gasteiger partial charge in [0.2, 0.25) is 0 Å². The van der Waals surface area contributed by atoms with Crippen LogP contribution in [0.5, 0.6) is 0 Å². The van der Waals surface area contributed by atoms with Gasteiger partial charge in [-0.25, -0.2) is 36.0 Å². The molecule has 196 valence electrons. The van der Waals surface area contributed by atoms with Gasteiger partial charge in [0.1, 0.15) is 20.2 Å². The van der Waals surface area contributed by atoms with Crippen molar-refractivity contribution >= 4 is 44.1 Å². The van der Waals surface area contributed by atoms with Crippen molar-refractivity contribution in [2.75, 3.05) is 28.4 Å². The van der Waals surface area contributed by atoms with Gasteiger partial charge >= 0.3 is 83.0 Å². The topological polar surface area (TPSA) is 220 Å². The third-order valence-electron chi connectivity index (χ3n) is 4.07. The minimum atomic E-state index is -4.80. The van der Waals surface area contributed by atoms with Crippen LogP contribution in [-0.4, -0.2) is 78.3 Å². The molecule has 0 saturated heterocycles. The monoisotopic (exact) mass is 592 g/mol. The Morgan fingerprint density at radius 3 is 0.816 bits per heavy atom. The molecule has 0 fully saturated rings. The molecule has 0 amide bonds. The number of ether oxygens (including phenoxy) is 4. The molecular formula is C20H18Na2O14S2. The van der Waals surface area contributed by atoms with E-state index < -0.39 is 53.9 Å². The molecule has 0 atom stereocenters. The summed E-state index contributed by atoms with van der Waals surface area (Å²) >= 11 is 0. The number of methoxy groups -OCH3 is 4. The Kier molecular flexibility index (Phi) is 16.4. The van der Waals surface area contributed by atoms with E-state index in [1.54, 1.807) is 0 Å². The molecule has 0 heterocycles. The normalized spacial score (nSPS) is 10.3. The summed E-state index contributed by atoms with van der Waals surface area (Å²) in [6.07, 6.45) is 0. The van der Waals surface area contributed by atoms with Crippen molar-refractivity contribution in [3.05, 3.63) is 58.7 Å². The molecule has 0 bridgehead atoms. The molecule has 0 aliphatic rings. The predicted octanol–water partition coefficient (Wildman–Crippen LogP) is -5.66. The predicted molar refractivity (Wildman–Crippen MR) is 114 cm³/mol. The first kappa shape index (κ1) is 38.3. The number of esters is 4. The number of carbonyl (C=O) groups is 4. The fourth-order valence-electron chi connectivity index (χ4n) is 2.43. The number of rotatable bonds is 6. The van der Waals surface area contributed by atoms with Crippen molar-refractivity contribution in [2.24, 2.45) is 0 Å². The van der Waals surface area contributed by atoms with Gasteiger partial charge in [0, 0.05) is 0 Å². The second-order valence-electron chi connectivity index (χ2n) is 6.37. The number of hydrogen-bond donors (Lipinski definition) is 0. The van der Waals surface area contributed by atoms with Crippen LogP contribution in [0.2, 0.25) is 0 Å². The van der Waals surface area contributed by atoms with E-state index in [0.717, 1.165) is 64.8 Å². The number of hydrogen-bond acceptors (Lipinski definition) is 14. The first-order chi connectivity index (χ1) is 16.6. The fraction of sp³-hybridized carbons (Fsp3) is 0.200. The van der Waals surface area contributed by atoms with Gasteiger partial charge in [-0.3, -0.25) is 0 Å². The Morgan fingerprint density at radius 1 is 0.500 bits per heavy atom. The molecule has 0 radical (unpaired) electrons. The van der Waals surface area contributed by atoms with E-state index in [-0.39, 0.29) is 81.4 Å². The molecule has 0 aromatic heterocycles. The molecule has 0 N–H and O–H groups in total. The SMILES string of the molecule is COC(=O)c1cc(C(=O)OC)cc(S(=O)(=O)[O-])c1.COC(=O)c1cc(C(=O)OC)cc(S(=O)(=O)[O-])c1.[Na+].[Na+].